The number of aromatic nitrogens is 2. The lowest BCUT2D eigenvalue weighted by molar-refractivity contribution is 0.0690. The highest BCUT2D eigenvalue weighted by molar-refractivity contribution is 7.89. The molecule has 1 aliphatic heterocycles. The van der Waals surface area contributed by atoms with Gasteiger partial charge in [0.1, 0.15) is 5.69 Å². The van der Waals surface area contributed by atoms with Gasteiger partial charge in [0.25, 0.3) is 11.5 Å². The molecular weight excluding hydrogens is 368 g/mol. The SMILES string of the molecule is CCCc1ccc(S(=O)(=O)N2CCN(C(=O)c3ccc(=O)[nH]n3)CC2)cc1. The predicted molar refractivity (Wildman–Crippen MR) is 100.0 cm³/mol. The van der Waals surface area contributed by atoms with Gasteiger partial charge in [-0.05, 0) is 30.2 Å². The van der Waals surface area contributed by atoms with Gasteiger partial charge in [0.05, 0.1) is 4.90 Å². The van der Waals surface area contributed by atoms with Crippen LogP contribution < -0.4 is 5.56 Å². The summed E-state index contributed by atoms with van der Waals surface area (Å²) in [7, 11) is -3.58. The molecule has 9 heteroatoms. The van der Waals surface area contributed by atoms with Gasteiger partial charge in [-0.1, -0.05) is 25.5 Å². The van der Waals surface area contributed by atoms with E-state index in [1.807, 2.05) is 12.1 Å². The quantitative estimate of drug-likeness (QED) is 0.816. The van der Waals surface area contributed by atoms with Crippen LogP contribution in [0.3, 0.4) is 0 Å². The van der Waals surface area contributed by atoms with Gasteiger partial charge < -0.3 is 4.90 Å². The molecule has 1 aromatic carbocycles. The molecule has 0 unspecified atom stereocenters. The highest BCUT2D eigenvalue weighted by atomic mass is 32.2. The van der Waals surface area contributed by atoms with E-state index < -0.39 is 10.0 Å². The van der Waals surface area contributed by atoms with Crippen LogP contribution in [-0.2, 0) is 16.4 Å². The van der Waals surface area contributed by atoms with Gasteiger partial charge in [-0.3, -0.25) is 9.59 Å². The van der Waals surface area contributed by atoms with Crippen LogP contribution in [0.2, 0.25) is 0 Å². The van der Waals surface area contributed by atoms with Crippen molar-refractivity contribution in [3.63, 3.8) is 0 Å². The van der Waals surface area contributed by atoms with Crippen molar-refractivity contribution < 1.29 is 13.2 Å². The average molecular weight is 390 g/mol. The van der Waals surface area contributed by atoms with Gasteiger partial charge in [-0.25, -0.2) is 13.5 Å². The first-order chi connectivity index (χ1) is 12.9. The van der Waals surface area contributed by atoms with E-state index in [2.05, 4.69) is 17.1 Å². The number of nitrogens with one attached hydrogen (secondary N) is 1. The Morgan fingerprint density at radius 2 is 1.74 bits per heavy atom. The molecule has 0 saturated carbocycles. The van der Waals surface area contributed by atoms with Crippen LogP contribution in [0.5, 0.6) is 0 Å². The van der Waals surface area contributed by atoms with E-state index in [0.717, 1.165) is 18.4 Å². The molecule has 2 aromatic rings. The monoisotopic (exact) mass is 390 g/mol. The summed E-state index contributed by atoms with van der Waals surface area (Å²) in [6.07, 6.45) is 1.92. The first-order valence-electron chi connectivity index (χ1n) is 8.86. The van der Waals surface area contributed by atoms with Crippen molar-refractivity contribution in [2.75, 3.05) is 26.2 Å². The lowest BCUT2D eigenvalue weighted by Crippen LogP contribution is -2.50. The molecule has 1 saturated heterocycles. The van der Waals surface area contributed by atoms with Gasteiger partial charge in [0.2, 0.25) is 10.0 Å². The predicted octanol–water partition coefficient (Wildman–Crippen LogP) is 0.869. The van der Waals surface area contributed by atoms with E-state index in [4.69, 9.17) is 0 Å². The second-order valence-corrected chi connectivity index (χ2v) is 8.33. The second kappa shape index (κ2) is 8.01. The molecule has 0 atom stereocenters. The molecule has 1 aromatic heterocycles. The number of carbonyl (C=O) groups is 1. The number of aromatic amines is 1. The summed E-state index contributed by atoms with van der Waals surface area (Å²) in [6, 6.07) is 9.57. The molecule has 0 radical (unpaired) electrons. The second-order valence-electron chi connectivity index (χ2n) is 6.40. The third kappa shape index (κ3) is 4.25. The topological polar surface area (TPSA) is 103 Å². The Morgan fingerprint density at radius 3 is 2.30 bits per heavy atom. The molecule has 0 bridgehead atoms. The Labute approximate surface area is 157 Å². The molecule has 0 spiro atoms. The fraction of sp³-hybridized carbons (Fsp3) is 0.389. The van der Waals surface area contributed by atoms with Crippen LogP contribution in [0.25, 0.3) is 0 Å². The van der Waals surface area contributed by atoms with E-state index in [9.17, 15) is 18.0 Å². The van der Waals surface area contributed by atoms with E-state index in [1.54, 1.807) is 12.1 Å². The van der Waals surface area contributed by atoms with Crippen LogP contribution in [0.15, 0.2) is 46.1 Å². The number of hydrogen-bond acceptors (Lipinski definition) is 5. The summed E-state index contributed by atoms with van der Waals surface area (Å²) in [5.74, 6) is -0.327. The minimum atomic E-state index is -3.58. The number of amides is 1. The largest absolute Gasteiger partial charge is 0.335 e. The molecular formula is C18H22N4O4S. The third-order valence-corrected chi connectivity index (χ3v) is 6.44. The van der Waals surface area contributed by atoms with Gasteiger partial charge in [0, 0.05) is 32.2 Å². The minimum absolute atomic E-state index is 0.137. The van der Waals surface area contributed by atoms with Crippen LogP contribution in [0, 0.1) is 0 Å². The standard InChI is InChI=1S/C18H22N4O4S/c1-2-3-14-4-6-15(7-5-14)27(25,26)22-12-10-21(11-13-22)18(24)16-8-9-17(23)20-19-16/h4-9H,2-3,10-13H2,1H3,(H,20,23). The number of rotatable bonds is 5. The molecule has 1 aliphatic rings. The molecule has 0 aliphatic carbocycles. The van der Waals surface area contributed by atoms with Crippen molar-refractivity contribution in [2.45, 2.75) is 24.7 Å². The van der Waals surface area contributed by atoms with Gasteiger partial charge in [-0.2, -0.15) is 9.40 Å². The molecule has 1 N–H and O–H groups in total. The first-order valence-corrected chi connectivity index (χ1v) is 10.3. The summed E-state index contributed by atoms with van der Waals surface area (Å²) in [5.41, 5.74) is 0.866. The third-order valence-electron chi connectivity index (χ3n) is 4.52. The Hall–Kier alpha value is -2.52. The van der Waals surface area contributed by atoms with Crippen LogP contribution in [0.4, 0.5) is 0 Å². The molecule has 1 fully saturated rings. The lowest BCUT2D eigenvalue weighted by Gasteiger charge is -2.33. The van der Waals surface area contributed by atoms with Crippen LogP contribution >= 0.6 is 0 Å². The minimum Gasteiger partial charge on any atom is -0.335 e. The van der Waals surface area contributed by atoms with E-state index >= 15 is 0 Å². The highest BCUT2D eigenvalue weighted by Gasteiger charge is 2.30. The number of piperazine rings is 1. The van der Waals surface area contributed by atoms with Crippen molar-refractivity contribution in [1.82, 2.24) is 19.4 Å². The Kier molecular flexibility index (Phi) is 5.71. The number of carbonyl (C=O) groups excluding carboxylic acids is 1. The van der Waals surface area contributed by atoms with Crippen molar-refractivity contribution in [2.24, 2.45) is 0 Å². The Bertz CT molecular complexity index is 941. The molecule has 8 nitrogen and oxygen atoms in total. The summed E-state index contributed by atoms with van der Waals surface area (Å²) in [5, 5.41) is 5.96. The molecule has 144 valence electrons. The van der Waals surface area contributed by atoms with Crippen molar-refractivity contribution in [3.8, 4) is 0 Å². The number of benzene rings is 1. The summed E-state index contributed by atoms with van der Waals surface area (Å²) in [6.45, 7) is 3.05. The van der Waals surface area contributed by atoms with Crippen molar-refractivity contribution in [3.05, 3.63) is 58.0 Å². The van der Waals surface area contributed by atoms with Gasteiger partial charge in [0.15, 0.2) is 0 Å². The summed E-state index contributed by atoms with van der Waals surface area (Å²) < 4.78 is 27.0. The van der Waals surface area contributed by atoms with Crippen LogP contribution in [0.1, 0.15) is 29.4 Å². The van der Waals surface area contributed by atoms with E-state index in [0.29, 0.717) is 0 Å². The molecule has 27 heavy (non-hydrogen) atoms. The molecule has 3 rings (SSSR count). The maximum Gasteiger partial charge on any atom is 0.274 e. The number of sulfonamides is 1. The maximum atomic E-state index is 12.8. The number of nitrogens with zero attached hydrogens (tertiary/aromatic N) is 3. The normalized spacial score (nSPS) is 15.7. The number of H-pyrrole nitrogens is 1. The van der Waals surface area contributed by atoms with Crippen molar-refractivity contribution >= 4 is 15.9 Å². The number of aryl methyl sites for hydroxylation is 1. The van der Waals surface area contributed by atoms with Gasteiger partial charge >= 0.3 is 0 Å². The summed E-state index contributed by atoms with van der Waals surface area (Å²) in [4.78, 5) is 25.3. The number of hydrogen-bond donors (Lipinski definition) is 1. The zero-order valence-electron chi connectivity index (χ0n) is 15.1. The zero-order valence-corrected chi connectivity index (χ0v) is 15.9. The molecule has 2 heterocycles. The lowest BCUT2D eigenvalue weighted by atomic mass is 10.1. The first kappa shape index (κ1) is 19.2. The average Bonchev–Trinajstić information content (AvgIpc) is 2.69. The fourth-order valence-corrected chi connectivity index (χ4v) is 4.45. The van der Waals surface area contributed by atoms with Crippen molar-refractivity contribution in [1.29, 1.82) is 0 Å². The van der Waals surface area contributed by atoms with E-state index in [-0.39, 0.29) is 48.2 Å². The molecule has 1 amide bonds. The highest BCUT2D eigenvalue weighted by Crippen LogP contribution is 2.19. The maximum absolute atomic E-state index is 12.8. The van der Waals surface area contributed by atoms with Gasteiger partial charge in [-0.15, -0.1) is 0 Å². The summed E-state index contributed by atoms with van der Waals surface area (Å²) >= 11 is 0. The Morgan fingerprint density at radius 1 is 1.07 bits per heavy atom. The smallest absolute Gasteiger partial charge is 0.274 e. The zero-order chi connectivity index (χ0) is 19.4. The van der Waals surface area contributed by atoms with Crippen LogP contribution in [-0.4, -0.2) is 59.9 Å². The van der Waals surface area contributed by atoms with E-state index in [1.165, 1.54) is 21.3 Å². The fourth-order valence-electron chi connectivity index (χ4n) is 3.02. The Balaban J connectivity index is 1.66.